The number of hydrogen-bond acceptors (Lipinski definition) is 7. The second-order valence-corrected chi connectivity index (χ2v) is 10.7. The number of nitrogens with zero attached hydrogens (tertiary/aromatic N) is 2. The third-order valence-electron chi connectivity index (χ3n) is 7.70. The van der Waals surface area contributed by atoms with E-state index < -0.39 is 0 Å². The van der Waals surface area contributed by atoms with E-state index in [-0.39, 0.29) is 30.5 Å². The first-order valence-corrected chi connectivity index (χ1v) is 13.7. The molecule has 4 bridgehead atoms. The van der Waals surface area contributed by atoms with E-state index in [2.05, 4.69) is 10.2 Å². The number of ether oxygens (including phenoxy) is 4. The number of benzene rings is 3. The third-order valence-corrected chi connectivity index (χ3v) is 7.70. The number of aryl methyl sites for hydroxylation is 1. The molecule has 0 spiro atoms. The molecule has 0 saturated carbocycles. The van der Waals surface area contributed by atoms with Crippen molar-refractivity contribution in [1.29, 1.82) is 0 Å². The minimum atomic E-state index is -0.256. The fourth-order valence-electron chi connectivity index (χ4n) is 5.52. The fourth-order valence-corrected chi connectivity index (χ4v) is 5.52. The van der Waals surface area contributed by atoms with Gasteiger partial charge in [-0.2, -0.15) is 0 Å². The smallest absolute Gasteiger partial charge is 0.254 e. The molecule has 1 saturated heterocycles. The van der Waals surface area contributed by atoms with Gasteiger partial charge in [0.1, 0.15) is 23.0 Å². The molecule has 216 valence electrons. The number of rotatable bonds is 4. The topological polar surface area (TPSA) is 89.6 Å². The molecule has 1 N–H and O–H groups in total. The predicted octanol–water partition coefficient (Wildman–Crippen LogP) is 4.08. The Hall–Kier alpha value is -4.08. The molecule has 0 aliphatic carbocycles. The van der Waals surface area contributed by atoms with Gasteiger partial charge in [0, 0.05) is 43.4 Å². The first-order chi connectivity index (χ1) is 19.7. The van der Waals surface area contributed by atoms with Gasteiger partial charge in [-0.3, -0.25) is 14.5 Å². The summed E-state index contributed by atoms with van der Waals surface area (Å²) in [7, 11) is 4.93. The number of hydrogen-bond donors (Lipinski definition) is 1. The van der Waals surface area contributed by atoms with Gasteiger partial charge in [-0.15, -0.1) is 0 Å². The molecule has 9 nitrogen and oxygen atoms in total. The van der Waals surface area contributed by atoms with Crippen molar-refractivity contribution >= 4 is 11.8 Å². The van der Waals surface area contributed by atoms with Gasteiger partial charge < -0.3 is 29.2 Å². The molecule has 2 atom stereocenters. The highest BCUT2D eigenvalue weighted by molar-refractivity contribution is 5.96. The van der Waals surface area contributed by atoms with E-state index in [4.69, 9.17) is 18.9 Å². The maximum atomic E-state index is 13.2. The molecule has 2 aliphatic heterocycles. The predicted molar refractivity (Wildman–Crippen MR) is 155 cm³/mol. The average molecular weight is 560 g/mol. The maximum absolute atomic E-state index is 13.2. The van der Waals surface area contributed by atoms with Crippen molar-refractivity contribution in [3.63, 3.8) is 0 Å². The Morgan fingerprint density at radius 3 is 2.61 bits per heavy atom. The second-order valence-electron chi connectivity index (χ2n) is 10.7. The number of carbonyl (C=O) groups excluding carboxylic acids is 2. The van der Waals surface area contributed by atoms with Gasteiger partial charge in [0.2, 0.25) is 5.91 Å². The third kappa shape index (κ3) is 6.31. The second kappa shape index (κ2) is 12.2. The van der Waals surface area contributed by atoms with Crippen LogP contribution in [0.4, 0.5) is 0 Å². The summed E-state index contributed by atoms with van der Waals surface area (Å²) in [6.45, 7) is 6.03. The fraction of sp³-hybridized carbons (Fsp3) is 0.375. The minimum Gasteiger partial charge on any atom is -0.496 e. The summed E-state index contributed by atoms with van der Waals surface area (Å²) in [6.07, 6.45) is -0.252. The molecule has 0 radical (unpaired) electrons. The summed E-state index contributed by atoms with van der Waals surface area (Å²) in [5.74, 6) is 2.32. The molecule has 3 aromatic rings. The van der Waals surface area contributed by atoms with Gasteiger partial charge in [0.05, 0.1) is 39.5 Å². The van der Waals surface area contributed by atoms with Crippen LogP contribution < -0.4 is 19.5 Å². The summed E-state index contributed by atoms with van der Waals surface area (Å²) in [6, 6.07) is 16.8. The van der Waals surface area contributed by atoms with Gasteiger partial charge >= 0.3 is 0 Å². The number of fused-ring (bicyclic) bond motifs is 5. The normalized spacial score (nSPS) is 19.8. The summed E-state index contributed by atoms with van der Waals surface area (Å²) >= 11 is 0. The lowest BCUT2D eigenvalue weighted by atomic mass is 10.1. The molecule has 2 amide bonds. The highest BCUT2D eigenvalue weighted by Gasteiger charge is 2.35. The minimum absolute atomic E-state index is 0.0728. The molecule has 9 heteroatoms. The average Bonchev–Trinajstić information content (AvgIpc) is 3.33. The van der Waals surface area contributed by atoms with Crippen molar-refractivity contribution in [1.82, 2.24) is 15.1 Å². The van der Waals surface area contributed by atoms with Crippen molar-refractivity contribution in [2.75, 3.05) is 40.9 Å². The zero-order valence-electron chi connectivity index (χ0n) is 24.2. The Balaban J connectivity index is 1.40. The van der Waals surface area contributed by atoms with Gasteiger partial charge in [0.15, 0.2) is 0 Å². The quantitative estimate of drug-likeness (QED) is 0.515. The largest absolute Gasteiger partial charge is 0.496 e. The summed E-state index contributed by atoms with van der Waals surface area (Å²) < 4.78 is 23.8. The molecule has 41 heavy (non-hydrogen) atoms. The van der Waals surface area contributed by atoms with Gasteiger partial charge in [-0.1, -0.05) is 24.3 Å². The van der Waals surface area contributed by atoms with Crippen LogP contribution in [0.3, 0.4) is 0 Å². The molecular weight excluding hydrogens is 522 g/mol. The van der Waals surface area contributed by atoms with E-state index in [1.54, 1.807) is 33.4 Å². The van der Waals surface area contributed by atoms with E-state index in [1.165, 1.54) is 4.90 Å². The van der Waals surface area contributed by atoms with Crippen molar-refractivity contribution in [3.05, 3.63) is 82.4 Å². The highest BCUT2D eigenvalue weighted by Crippen LogP contribution is 2.33. The monoisotopic (exact) mass is 559 g/mol. The van der Waals surface area contributed by atoms with Crippen LogP contribution >= 0.6 is 0 Å². The summed E-state index contributed by atoms with van der Waals surface area (Å²) in [4.78, 5) is 30.0. The van der Waals surface area contributed by atoms with Crippen LogP contribution in [-0.4, -0.2) is 74.7 Å². The van der Waals surface area contributed by atoms with Crippen molar-refractivity contribution in [2.45, 2.75) is 39.1 Å². The van der Waals surface area contributed by atoms with E-state index >= 15 is 0 Å². The van der Waals surface area contributed by atoms with Crippen LogP contribution in [0, 0.1) is 13.8 Å². The van der Waals surface area contributed by atoms with Gasteiger partial charge in [-0.05, 0) is 55.3 Å². The number of likely N-dealkylation sites (tertiary alicyclic amines) is 1. The Bertz CT molecular complexity index is 1440. The maximum Gasteiger partial charge on any atom is 0.254 e. The molecular formula is C32H37N3O6. The molecule has 0 unspecified atom stereocenters. The zero-order chi connectivity index (χ0) is 29.1. The summed E-state index contributed by atoms with van der Waals surface area (Å²) in [5, 5.41) is 3.13. The lowest BCUT2D eigenvalue weighted by molar-refractivity contribution is -0.123. The Morgan fingerprint density at radius 2 is 1.83 bits per heavy atom. The SMILES string of the molecule is COc1ccc(CN2C[C@@H]3NC(=O)CN(C)C(=O)c4ccc(C)c(c4)Oc4cccc(c4)CO[C@H]3C2)c(OC)c1C. The molecule has 5 rings (SSSR count). The van der Waals surface area contributed by atoms with E-state index in [1.807, 2.05) is 56.3 Å². The Kier molecular flexibility index (Phi) is 8.46. The first-order valence-electron chi connectivity index (χ1n) is 13.7. The zero-order valence-corrected chi connectivity index (χ0v) is 24.2. The first kappa shape index (κ1) is 28.4. The van der Waals surface area contributed by atoms with Crippen molar-refractivity contribution < 1.29 is 28.5 Å². The Morgan fingerprint density at radius 1 is 1.00 bits per heavy atom. The molecule has 2 aliphatic rings. The van der Waals surface area contributed by atoms with Crippen LogP contribution in [0.5, 0.6) is 23.0 Å². The molecule has 1 fully saturated rings. The van der Waals surface area contributed by atoms with E-state index in [0.717, 1.165) is 33.8 Å². The lowest BCUT2D eigenvalue weighted by Gasteiger charge is -2.23. The molecule has 3 aromatic carbocycles. The number of nitrogens with one attached hydrogen (secondary N) is 1. The van der Waals surface area contributed by atoms with E-state index in [9.17, 15) is 9.59 Å². The van der Waals surface area contributed by atoms with Crippen LogP contribution in [0.1, 0.15) is 32.6 Å². The molecule has 0 aromatic heterocycles. The van der Waals surface area contributed by atoms with Gasteiger partial charge in [-0.25, -0.2) is 0 Å². The van der Waals surface area contributed by atoms with Crippen LogP contribution in [0.15, 0.2) is 54.6 Å². The molecule has 2 heterocycles. The van der Waals surface area contributed by atoms with Crippen LogP contribution in [0.25, 0.3) is 0 Å². The van der Waals surface area contributed by atoms with Crippen LogP contribution in [0.2, 0.25) is 0 Å². The number of methoxy groups -OCH3 is 2. The van der Waals surface area contributed by atoms with Crippen molar-refractivity contribution in [2.24, 2.45) is 0 Å². The standard InChI is InChI=1S/C32H37N3O6/c1-20-9-10-23-14-28(20)41-25-8-6-7-22(13-25)19-40-29-17-35(16-26(29)33-30(36)18-34(3)32(23)37)15-24-11-12-27(38-4)21(2)31(24)39-5/h6-14,26,29H,15-19H2,1-5H3,(H,33,36)/t26-,29-/m0/s1. The van der Waals surface area contributed by atoms with Crippen molar-refractivity contribution in [3.8, 4) is 23.0 Å². The number of likely N-dealkylation sites (N-methyl/N-ethyl adjacent to an activating group) is 1. The highest BCUT2D eigenvalue weighted by atomic mass is 16.5. The lowest BCUT2D eigenvalue weighted by Crippen LogP contribution is -2.48. The summed E-state index contributed by atoms with van der Waals surface area (Å²) in [5.41, 5.74) is 4.29. The van der Waals surface area contributed by atoms with Crippen LogP contribution in [-0.2, 0) is 22.7 Å². The Labute approximate surface area is 240 Å². The van der Waals surface area contributed by atoms with E-state index in [0.29, 0.717) is 43.3 Å². The number of amides is 2. The van der Waals surface area contributed by atoms with Gasteiger partial charge in [0.25, 0.3) is 5.91 Å². The number of carbonyl (C=O) groups is 2.